The first-order valence-corrected chi connectivity index (χ1v) is 10.6. The topological polar surface area (TPSA) is 77.9 Å². The van der Waals surface area contributed by atoms with Crippen molar-refractivity contribution in [2.45, 2.75) is 24.1 Å². The van der Waals surface area contributed by atoms with Crippen LogP contribution in [0.25, 0.3) is 0 Å². The van der Waals surface area contributed by atoms with Crippen molar-refractivity contribution in [3.8, 4) is 0 Å². The van der Waals surface area contributed by atoms with Crippen molar-refractivity contribution < 1.29 is 17.8 Å². The van der Waals surface area contributed by atoms with E-state index in [2.05, 4.69) is 0 Å². The molecule has 1 fully saturated rings. The molecule has 3 rings (SSSR count). The monoisotopic (exact) mass is 402 g/mol. The van der Waals surface area contributed by atoms with Crippen LogP contribution < -0.4 is 4.90 Å². The number of amides is 1. The predicted octanol–water partition coefficient (Wildman–Crippen LogP) is 2.88. The summed E-state index contributed by atoms with van der Waals surface area (Å²) in [5.74, 6) is -0.496. The van der Waals surface area contributed by atoms with Crippen molar-refractivity contribution in [2.24, 2.45) is 0 Å². The third-order valence-corrected chi connectivity index (χ3v) is 7.49. The average Bonchev–Trinajstić information content (AvgIpc) is 3.02. The second-order valence-corrected chi connectivity index (χ2v) is 9.49. The van der Waals surface area contributed by atoms with Crippen molar-refractivity contribution in [3.63, 3.8) is 0 Å². The van der Waals surface area contributed by atoms with Gasteiger partial charge in [0.05, 0.1) is 5.69 Å². The SMILES string of the molecule is CCN1/C(=C2\SC(=S)N(C(C)S(=O)(=O)O)C2=O)Sc2ccccc21. The molecular formula is C14H14N2O4S4. The quantitative estimate of drug-likeness (QED) is 0.470. The highest BCUT2D eigenvalue weighted by Gasteiger charge is 2.43. The molecule has 1 unspecified atom stereocenters. The van der Waals surface area contributed by atoms with E-state index < -0.39 is 21.4 Å². The van der Waals surface area contributed by atoms with Gasteiger partial charge in [-0.15, -0.1) is 0 Å². The molecule has 0 bridgehead atoms. The lowest BCUT2D eigenvalue weighted by molar-refractivity contribution is -0.122. The van der Waals surface area contributed by atoms with Crippen LogP contribution >= 0.6 is 35.7 Å². The lowest BCUT2D eigenvalue weighted by Crippen LogP contribution is -2.41. The van der Waals surface area contributed by atoms with E-state index in [0.29, 0.717) is 11.4 Å². The van der Waals surface area contributed by atoms with Gasteiger partial charge in [0.25, 0.3) is 16.0 Å². The molecule has 0 spiro atoms. The summed E-state index contributed by atoms with van der Waals surface area (Å²) in [6.07, 6.45) is 0. The Morgan fingerprint density at radius 3 is 2.58 bits per heavy atom. The maximum atomic E-state index is 12.7. The summed E-state index contributed by atoms with van der Waals surface area (Å²) < 4.78 is 32.2. The molecule has 0 aliphatic carbocycles. The fourth-order valence-electron chi connectivity index (χ4n) is 2.47. The first-order valence-electron chi connectivity index (χ1n) is 7.06. The lowest BCUT2D eigenvalue weighted by Gasteiger charge is -2.21. The molecule has 1 N–H and O–H groups in total. The Bertz CT molecular complexity index is 865. The van der Waals surface area contributed by atoms with Crippen LogP contribution in [0.4, 0.5) is 5.69 Å². The van der Waals surface area contributed by atoms with Crippen molar-refractivity contribution in [1.82, 2.24) is 4.90 Å². The van der Waals surface area contributed by atoms with Crippen LogP contribution in [0, 0.1) is 0 Å². The van der Waals surface area contributed by atoms with E-state index in [-0.39, 0.29) is 4.32 Å². The van der Waals surface area contributed by atoms with Crippen LogP contribution in [-0.4, -0.2) is 40.0 Å². The van der Waals surface area contributed by atoms with Crippen LogP contribution in [0.5, 0.6) is 0 Å². The minimum absolute atomic E-state index is 0.125. The van der Waals surface area contributed by atoms with E-state index >= 15 is 0 Å². The highest BCUT2D eigenvalue weighted by molar-refractivity contribution is 8.27. The third kappa shape index (κ3) is 2.86. The fraction of sp³-hybridized carbons (Fsp3) is 0.286. The number of carbonyl (C=O) groups excluding carboxylic acids is 1. The van der Waals surface area contributed by atoms with Crippen molar-refractivity contribution >= 4 is 61.8 Å². The zero-order valence-electron chi connectivity index (χ0n) is 12.8. The second kappa shape index (κ2) is 6.34. The summed E-state index contributed by atoms with van der Waals surface area (Å²) in [5.41, 5.74) is 1.01. The highest BCUT2D eigenvalue weighted by Crippen LogP contribution is 2.50. The first kappa shape index (κ1) is 17.7. The number of hydrogen-bond acceptors (Lipinski definition) is 7. The van der Waals surface area contributed by atoms with Gasteiger partial charge in [-0.3, -0.25) is 14.2 Å². The minimum atomic E-state index is -4.41. The largest absolute Gasteiger partial charge is 0.334 e. The van der Waals surface area contributed by atoms with E-state index in [1.54, 1.807) is 0 Å². The zero-order chi connectivity index (χ0) is 17.6. The molecule has 2 aliphatic rings. The van der Waals surface area contributed by atoms with Crippen LogP contribution in [0.2, 0.25) is 0 Å². The lowest BCUT2D eigenvalue weighted by atomic mass is 10.3. The normalized spacial score (nSPS) is 22.3. The number of carbonyl (C=O) groups is 1. The van der Waals surface area contributed by atoms with E-state index in [4.69, 9.17) is 12.2 Å². The number of benzene rings is 1. The van der Waals surface area contributed by atoms with E-state index in [0.717, 1.165) is 32.3 Å². The zero-order valence-corrected chi connectivity index (χ0v) is 16.1. The Kier molecular flexibility index (Phi) is 4.69. The van der Waals surface area contributed by atoms with E-state index in [9.17, 15) is 17.8 Å². The molecule has 6 nitrogen and oxygen atoms in total. The number of anilines is 1. The molecule has 0 aromatic heterocycles. The van der Waals surface area contributed by atoms with Crippen molar-refractivity contribution in [1.29, 1.82) is 0 Å². The summed E-state index contributed by atoms with van der Waals surface area (Å²) in [4.78, 5) is 17.1. The molecule has 0 saturated carbocycles. The van der Waals surface area contributed by atoms with Gasteiger partial charge in [0.2, 0.25) is 0 Å². The summed E-state index contributed by atoms with van der Waals surface area (Å²) in [5, 5.41) is -0.673. The number of rotatable bonds is 3. The Morgan fingerprint density at radius 1 is 1.29 bits per heavy atom. The molecule has 1 amide bonds. The van der Waals surface area contributed by atoms with E-state index in [1.807, 2.05) is 36.1 Å². The second-order valence-electron chi connectivity index (χ2n) is 5.11. The molecule has 1 saturated heterocycles. The summed E-state index contributed by atoms with van der Waals surface area (Å²) in [6, 6.07) is 7.79. The molecule has 2 heterocycles. The summed E-state index contributed by atoms with van der Waals surface area (Å²) in [6.45, 7) is 3.88. The maximum Gasteiger partial charge on any atom is 0.286 e. The standard InChI is InChI=1S/C14H14N2O4S4/c1-3-15-9-6-4-5-7-10(9)22-13(15)11-12(17)16(14(21)23-11)8(2)24(18,19)20/h4-8H,3H2,1-2H3,(H,18,19,20)/b13-11+. The smallest absolute Gasteiger partial charge is 0.286 e. The molecule has 24 heavy (non-hydrogen) atoms. The number of fused-ring (bicyclic) bond motifs is 1. The first-order chi connectivity index (χ1) is 11.3. The Labute approximate surface area is 154 Å². The van der Waals surface area contributed by atoms with Crippen molar-refractivity contribution in [3.05, 3.63) is 34.2 Å². The molecule has 1 aromatic rings. The van der Waals surface area contributed by atoms with Gasteiger partial charge in [-0.25, -0.2) is 0 Å². The fourth-order valence-corrected chi connectivity index (χ4v) is 5.87. The van der Waals surface area contributed by atoms with Gasteiger partial charge in [0.1, 0.15) is 14.3 Å². The van der Waals surface area contributed by atoms with Gasteiger partial charge in [-0.05, 0) is 26.0 Å². The average molecular weight is 403 g/mol. The van der Waals surface area contributed by atoms with E-state index in [1.165, 1.54) is 18.7 Å². The molecule has 1 aromatic carbocycles. The minimum Gasteiger partial charge on any atom is -0.334 e. The van der Waals surface area contributed by atoms with Gasteiger partial charge in [0, 0.05) is 11.4 Å². The molecular weight excluding hydrogens is 388 g/mol. The number of thioether (sulfide) groups is 2. The molecule has 128 valence electrons. The Morgan fingerprint density at radius 2 is 1.96 bits per heavy atom. The molecule has 1 atom stereocenters. The van der Waals surface area contributed by atoms with Gasteiger partial charge >= 0.3 is 0 Å². The van der Waals surface area contributed by atoms with Crippen LogP contribution in [0.3, 0.4) is 0 Å². The molecule has 2 aliphatic heterocycles. The van der Waals surface area contributed by atoms with Crippen LogP contribution in [-0.2, 0) is 14.9 Å². The van der Waals surface area contributed by atoms with Gasteiger partial charge in [0.15, 0.2) is 5.37 Å². The number of nitrogens with zero attached hydrogens (tertiary/aromatic N) is 2. The predicted molar refractivity (Wildman–Crippen MR) is 100 cm³/mol. The van der Waals surface area contributed by atoms with Crippen LogP contribution in [0.1, 0.15) is 13.8 Å². The van der Waals surface area contributed by atoms with Gasteiger partial charge in [-0.1, -0.05) is 47.9 Å². The third-order valence-electron chi connectivity index (χ3n) is 3.71. The molecule has 10 heteroatoms. The van der Waals surface area contributed by atoms with Gasteiger partial charge < -0.3 is 4.90 Å². The van der Waals surface area contributed by atoms with Gasteiger partial charge in [-0.2, -0.15) is 8.42 Å². The van der Waals surface area contributed by atoms with Crippen LogP contribution in [0.15, 0.2) is 39.1 Å². The molecule has 0 radical (unpaired) electrons. The summed E-state index contributed by atoms with van der Waals surface area (Å²) >= 11 is 7.69. The van der Waals surface area contributed by atoms with Crippen molar-refractivity contribution in [2.75, 3.05) is 11.4 Å². The summed E-state index contributed by atoms with van der Waals surface area (Å²) in [7, 11) is -4.41. The maximum absolute atomic E-state index is 12.7. The highest BCUT2D eigenvalue weighted by atomic mass is 32.2. The number of hydrogen-bond donors (Lipinski definition) is 1. The Hall–Kier alpha value is -1.07. The number of para-hydroxylation sites is 1. The Balaban J connectivity index is 2.04. The number of thiocarbonyl (C=S) groups is 1.